The first kappa shape index (κ1) is 16.2. The maximum absolute atomic E-state index is 5.82. The molecule has 0 radical (unpaired) electrons. The first-order valence-electron chi connectivity index (χ1n) is 6.87. The summed E-state index contributed by atoms with van der Waals surface area (Å²) in [7, 11) is 1.69. The average Bonchev–Trinajstić information content (AvgIpc) is 2.87. The molecular formula is C15H21BrN4O. The van der Waals surface area contributed by atoms with Crippen molar-refractivity contribution in [1.29, 1.82) is 0 Å². The molecule has 114 valence electrons. The molecule has 2 rings (SSSR count). The number of aromatic nitrogens is 2. The van der Waals surface area contributed by atoms with Crippen LogP contribution in [0.5, 0.6) is 0 Å². The van der Waals surface area contributed by atoms with Crippen molar-refractivity contribution in [2.75, 3.05) is 7.11 Å². The van der Waals surface area contributed by atoms with Crippen molar-refractivity contribution in [3.63, 3.8) is 0 Å². The molecule has 0 saturated heterocycles. The molecule has 3 N–H and O–H groups in total. The summed E-state index contributed by atoms with van der Waals surface area (Å²) in [5.74, 6) is 5.82. The van der Waals surface area contributed by atoms with Gasteiger partial charge in [0.2, 0.25) is 0 Å². The van der Waals surface area contributed by atoms with E-state index in [2.05, 4.69) is 40.3 Å². The lowest BCUT2D eigenvalue weighted by Crippen LogP contribution is -2.35. The summed E-state index contributed by atoms with van der Waals surface area (Å²) in [6.07, 6.45) is 1.58. The van der Waals surface area contributed by atoms with Gasteiger partial charge in [-0.25, -0.2) is 5.43 Å². The van der Waals surface area contributed by atoms with Crippen molar-refractivity contribution in [3.05, 3.63) is 52.3 Å². The van der Waals surface area contributed by atoms with E-state index in [4.69, 9.17) is 10.6 Å². The summed E-state index contributed by atoms with van der Waals surface area (Å²) in [4.78, 5) is 0. The summed E-state index contributed by atoms with van der Waals surface area (Å²) in [6.45, 7) is 4.17. The summed E-state index contributed by atoms with van der Waals surface area (Å²) in [5.41, 5.74) is 4.91. The fourth-order valence-corrected chi connectivity index (χ4v) is 2.99. The molecule has 1 aromatic heterocycles. The van der Waals surface area contributed by atoms with Crippen molar-refractivity contribution >= 4 is 15.9 Å². The Labute approximate surface area is 133 Å². The van der Waals surface area contributed by atoms with Gasteiger partial charge in [0.15, 0.2) is 0 Å². The van der Waals surface area contributed by atoms with Gasteiger partial charge in [0.25, 0.3) is 0 Å². The second kappa shape index (κ2) is 7.17. The summed E-state index contributed by atoms with van der Waals surface area (Å²) < 4.78 is 8.56. The van der Waals surface area contributed by atoms with Crippen molar-refractivity contribution in [2.45, 2.75) is 32.0 Å². The van der Waals surface area contributed by atoms with E-state index in [0.29, 0.717) is 0 Å². The molecule has 5 nitrogen and oxygen atoms in total. The largest absolute Gasteiger partial charge is 0.375 e. The maximum Gasteiger partial charge on any atom is 0.104 e. The molecule has 0 amide bonds. The number of benzene rings is 1. The Morgan fingerprint density at radius 1 is 1.29 bits per heavy atom. The topological polar surface area (TPSA) is 65.1 Å². The number of nitrogens with zero attached hydrogens (tertiary/aromatic N) is 2. The highest BCUT2D eigenvalue weighted by atomic mass is 79.9. The molecule has 0 aliphatic rings. The molecule has 0 saturated carbocycles. The number of hydrogen-bond donors (Lipinski definition) is 2. The van der Waals surface area contributed by atoms with Crippen LogP contribution in [0, 0.1) is 0 Å². The van der Waals surface area contributed by atoms with Crippen molar-refractivity contribution < 1.29 is 4.74 Å². The highest BCUT2D eigenvalue weighted by molar-refractivity contribution is 9.10. The third-order valence-electron chi connectivity index (χ3n) is 3.44. The van der Waals surface area contributed by atoms with E-state index >= 15 is 0 Å². The first-order chi connectivity index (χ1) is 10.1. The number of ether oxygens (including phenoxy) is 1. The number of nitrogens with two attached hydrogens (primary N) is 1. The molecular weight excluding hydrogens is 332 g/mol. The van der Waals surface area contributed by atoms with Crippen LogP contribution in [0.15, 0.2) is 41.0 Å². The molecule has 2 unspecified atom stereocenters. The van der Waals surface area contributed by atoms with Crippen molar-refractivity contribution in [2.24, 2.45) is 5.84 Å². The van der Waals surface area contributed by atoms with E-state index in [1.807, 2.05) is 35.0 Å². The van der Waals surface area contributed by atoms with Gasteiger partial charge in [0.05, 0.1) is 22.4 Å². The molecule has 21 heavy (non-hydrogen) atoms. The van der Waals surface area contributed by atoms with Crippen LogP contribution in [-0.2, 0) is 4.74 Å². The lowest BCUT2D eigenvalue weighted by atomic mass is 9.99. The van der Waals surface area contributed by atoms with E-state index in [0.717, 1.165) is 15.7 Å². The highest BCUT2D eigenvalue weighted by Crippen LogP contribution is 2.35. The van der Waals surface area contributed by atoms with Gasteiger partial charge in [-0.05, 0) is 35.3 Å². The molecule has 2 aromatic rings. The smallest absolute Gasteiger partial charge is 0.104 e. The number of nitrogens with one attached hydrogen (secondary N) is 1. The van der Waals surface area contributed by atoms with Gasteiger partial charge in [-0.15, -0.1) is 0 Å². The third-order valence-corrected chi connectivity index (χ3v) is 4.05. The lowest BCUT2D eigenvalue weighted by Gasteiger charge is -2.27. The van der Waals surface area contributed by atoms with Crippen LogP contribution >= 0.6 is 15.9 Å². The van der Waals surface area contributed by atoms with E-state index in [1.54, 1.807) is 13.3 Å². The number of methoxy groups -OCH3 is 1. The third kappa shape index (κ3) is 3.35. The predicted molar refractivity (Wildman–Crippen MR) is 86.6 cm³/mol. The molecule has 6 heteroatoms. The minimum atomic E-state index is -0.211. The van der Waals surface area contributed by atoms with E-state index in [1.165, 1.54) is 0 Å². The van der Waals surface area contributed by atoms with Crippen LogP contribution in [0.2, 0.25) is 0 Å². The van der Waals surface area contributed by atoms with E-state index in [9.17, 15) is 0 Å². The molecule has 0 fully saturated rings. The Bertz CT molecular complexity index is 570. The second-order valence-corrected chi connectivity index (χ2v) is 5.98. The predicted octanol–water partition coefficient (Wildman–Crippen LogP) is 3.12. The van der Waals surface area contributed by atoms with Gasteiger partial charge in [0, 0.05) is 13.2 Å². The van der Waals surface area contributed by atoms with E-state index in [-0.39, 0.29) is 18.2 Å². The Morgan fingerprint density at radius 3 is 2.48 bits per heavy atom. The number of rotatable bonds is 6. The zero-order chi connectivity index (χ0) is 15.4. The SMILES string of the molecule is COC(c1ccccc1)C(NN)c1c(Br)cnn1C(C)C. The summed E-state index contributed by atoms with van der Waals surface area (Å²) >= 11 is 3.56. The monoisotopic (exact) mass is 352 g/mol. The van der Waals surface area contributed by atoms with Crippen LogP contribution in [-0.4, -0.2) is 16.9 Å². The van der Waals surface area contributed by atoms with Gasteiger partial charge in [-0.1, -0.05) is 30.3 Å². The molecule has 0 spiro atoms. The van der Waals surface area contributed by atoms with Crippen molar-refractivity contribution in [1.82, 2.24) is 15.2 Å². The molecule has 0 aliphatic carbocycles. The summed E-state index contributed by atoms with van der Waals surface area (Å²) in [6, 6.07) is 10.0. The van der Waals surface area contributed by atoms with Crippen molar-refractivity contribution in [3.8, 4) is 0 Å². The van der Waals surface area contributed by atoms with Crippen LogP contribution in [0.4, 0.5) is 0 Å². The Kier molecular flexibility index (Phi) is 5.52. The van der Waals surface area contributed by atoms with Crippen LogP contribution in [0.3, 0.4) is 0 Å². The zero-order valence-corrected chi connectivity index (χ0v) is 14.0. The Balaban J connectivity index is 2.45. The quantitative estimate of drug-likeness (QED) is 0.619. The minimum Gasteiger partial charge on any atom is -0.375 e. The second-order valence-electron chi connectivity index (χ2n) is 5.13. The Morgan fingerprint density at radius 2 is 1.95 bits per heavy atom. The lowest BCUT2D eigenvalue weighted by molar-refractivity contribution is 0.0640. The molecule has 2 atom stereocenters. The molecule has 0 aliphatic heterocycles. The average molecular weight is 353 g/mol. The fraction of sp³-hybridized carbons (Fsp3) is 0.400. The van der Waals surface area contributed by atoms with Gasteiger partial charge in [-0.2, -0.15) is 5.10 Å². The molecule has 1 aromatic carbocycles. The van der Waals surface area contributed by atoms with Gasteiger partial charge in [-0.3, -0.25) is 10.5 Å². The molecule has 0 bridgehead atoms. The fourth-order valence-electron chi connectivity index (χ4n) is 2.47. The van der Waals surface area contributed by atoms with E-state index < -0.39 is 0 Å². The normalized spacial score (nSPS) is 14.4. The van der Waals surface area contributed by atoms with Crippen LogP contribution in [0.1, 0.15) is 43.3 Å². The number of halogens is 1. The Hall–Kier alpha value is -1.21. The zero-order valence-electron chi connectivity index (χ0n) is 12.5. The van der Waals surface area contributed by atoms with Crippen LogP contribution in [0.25, 0.3) is 0 Å². The standard InChI is InChI=1S/C15H21BrN4O/c1-10(2)20-14(12(16)9-18-20)13(19-17)15(21-3)11-7-5-4-6-8-11/h4-10,13,15,19H,17H2,1-3H3. The maximum atomic E-state index is 5.82. The van der Waals surface area contributed by atoms with Gasteiger partial charge < -0.3 is 4.74 Å². The first-order valence-corrected chi connectivity index (χ1v) is 7.66. The van der Waals surface area contributed by atoms with Gasteiger partial charge in [0.1, 0.15) is 6.10 Å². The van der Waals surface area contributed by atoms with Gasteiger partial charge >= 0.3 is 0 Å². The molecule has 1 heterocycles. The summed E-state index contributed by atoms with van der Waals surface area (Å²) in [5, 5.41) is 4.41. The number of hydrogen-bond acceptors (Lipinski definition) is 4. The number of hydrazine groups is 1. The van der Waals surface area contributed by atoms with Crippen LogP contribution < -0.4 is 11.3 Å². The minimum absolute atomic E-state index is 0.207. The highest BCUT2D eigenvalue weighted by Gasteiger charge is 2.29.